The number of nitrogens with one attached hydrogen (secondary N) is 1. The highest BCUT2D eigenvalue weighted by Crippen LogP contribution is 2.30. The molecule has 2 aliphatic heterocycles. The highest BCUT2D eigenvalue weighted by molar-refractivity contribution is 4.84. The molecule has 2 aliphatic rings. The average Bonchev–Trinajstić information content (AvgIpc) is 2.18. The van der Waals surface area contributed by atoms with Crippen molar-refractivity contribution in [2.24, 2.45) is 5.41 Å². The van der Waals surface area contributed by atoms with Crippen LogP contribution in [0.4, 0.5) is 0 Å². The van der Waals surface area contributed by atoms with Crippen LogP contribution in [-0.2, 0) is 4.74 Å². The van der Waals surface area contributed by atoms with E-state index in [1.165, 1.54) is 32.5 Å². The molecule has 3 nitrogen and oxygen atoms in total. The summed E-state index contributed by atoms with van der Waals surface area (Å²) in [5, 5.41) is 3.50. The van der Waals surface area contributed by atoms with Crippen LogP contribution in [0.15, 0.2) is 0 Å². The topological polar surface area (TPSA) is 24.5 Å². The molecule has 0 saturated carbocycles. The molecule has 0 amide bonds. The van der Waals surface area contributed by atoms with Crippen molar-refractivity contribution in [3.05, 3.63) is 0 Å². The van der Waals surface area contributed by atoms with Gasteiger partial charge >= 0.3 is 0 Å². The van der Waals surface area contributed by atoms with Crippen molar-refractivity contribution in [2.45, 2.75) is 32.7 Å². The van der Waals surface area contributed by atoms with Gasteiger partial charge in [0.2, 0.25) is 0 Å². The van der Waals surface area contributed by atoms with Crippen molar-refractivity contribution >= 4 is 0 Å². The summed E-state index contributed by atoms with van der Waals surface area (Å²) in [5.74, 6) is 0. The van der Waals surface area contributed by atoms with E-state index >= 15 is 0 Å². The molecule has 0 bridgehead atoms. The van der Waals surface area contributed by atoms with Crippen LogP contribution in [0.25, 0.3) is 0 Å². The Hall–Kier alpha value is -0.120. The van der Waals surface area contributed by atoms with Crippen LogP contribution in [0, 0.1) is 5.41 Å². The predicted octanol–water partition coefficient (Wildman–Crippen LogP) is 1.10. The minimum atomic E-state index is 0.495. The summed E-state index contributed by atoms with van der Waals surface area (Å²) in [6.45, 7) is 11.4. The third-order valence-corrected chi connectivity index (χ3v) is 3.76. The van der Waals surface area contributed by atoms with Crippen LogP contribution in [-0.4, -0.2) is 50.3 Å². The van der Waals surface area contributed by atoms with Gasteiger partial charge in [-0.2, -0.15) is 0 Å². The maximum atomic E-state index is 5.44. The van der Waals surface area contributed by atoms with Gasteiger partial charge in [-0.15, -0.1) is 0 Å². The monoisotopic (exact) mass is 212 g/mol. The Kier molecular flexibility index (Phi) is 3.65. The third-order valence-electron chi connectivity index (χ3n) is 3.76. The number of piperazine rings is 1. The quantitative estimate of drug-likeness (QED) is 0.742. The molecule has 2 heterocycles. The molecule has 2 rings (SSSR count). The van der Waals surface area contributed by atoms with Crippen LogP contribution in [0.2, 0.25) is 0 Å². The fourth-order valence-corrected chi connectivity index (χ4v) is 2.72. The predicted molar refractivity (Wildman–Crippen MR) is 62.1 cm³/mol. The van der Waals surface area contributed by atoms with Gasteiger partial charge < -0.3 is 10.1 Å². The number of hydrogen-bond donors (Lipinski definition) is 1. The van der Waals surface area contributed by atoms with Crippen molar-refractivity contribution in [1.82, 2.24) is 10.2 Å². The zero-order valence-corrected chi connectivity index (χ0v) is 10.1. The van der Waals surface area contributed by atoms with Crippen LogP contribution >= 0.6 is 0 Å². The minimum absolute atomic E-state index is 0.495. The number of nitrogens with zero attached hydrogens (tertiary/aromatic N) is 1. The van der Waals surface area contributed by atoms with Crippen molar-refractivity contribution < 1.29 is 4.74 Å². The molecule has 0 aromatic carbocycles. The highest BCUT2D eigenvalue weighted by atomic mass is 16.5. The molecule has 0 aromatic rings. The Balaban J connectivity index is 1.83. The van der Waals surface area contributed by atoms with E-state index in [1.54, 1.807) is 0 Å². The molecule has 2 saturated heterocycles. The van der Waals surface area contributed by atoms with Gasteiger partial charge in [-0.3, -0.25) is 4.90 Å². The Morgan fingerprint density at radius 3 is 2.80 bits per heavy atom. The normalized spacial score (nSPS) is 32.8. The smallest absolute Gasteiger partial charge is 0.0471 e. The van der Waals surface area contributed by atoms with E-state index < -0.39 is 0 Å². The van der Waals surface area contributed by atoms with Gasteiger partial charge in [-0.25, -0.2) is 0 Å². The van der Waals surface area contributed by atoms with E-state index in [0.717, 1.165) is 19.8 Å². The molecular weight excluding hydrogens is 188 g/mol. The number of rotatable bonds is 2. The first-order chi connectivity index (χ1) is 7.18. The van der Waals surface area contributed by atoms with Crippen LogP contribution < -0.4 is 5.32 Å². The van der Waals surface area contributed by atoms with Gasteiger partial charge in [0.1, 0.15) is 0 Å². The lowest BCUT2D eigenvalue weighted by Crippen LogP contribution is -2.52. The van der Waals surface area contributed by atoms with Gasteiger partial charge in [-0.1, -0.05) is 6.92 Å². The van der Waals surface area contributed by atoms with E-state index in [2.05, 4.69) is 24.1 Å². The molecule has 88 valence electrons. The Morgan fingerprint density at radius 2 is 2.13 bits per heavy atom. The maximum Gasteiger partial charge on any atom is 0.0471 e. The van der Waals surface area contributed by atoms with Crippen molar-refractivity contribution in [3.8, 4) is 0 Å². The van der Waals surface area contributed by atoms with Crippen molar-refractivity contribution in [2.75, 3.05) is 39.4 Å². The highest BCUT2D eigenvalue weighted by Gasteiger charge is 2.30. The molecule has 0 aromatic heterocycles. The summed E-state index contributed by atoms with van der Waals surface area (Å²) in [4.78, 5) is 2.62. The second kappa shape index (κ2) is 4.81. The molecule has 0 spiro atoms. The molecule has 0 unspecified atom stereocenters. The SMILES string of the molecule is C[C@H]1CN(CC2(C)CCOCC2)CCN1. The molecule has 0 aliphatic carbocycles. The Morgan fingerprint density at radius 1 is 1.40 bits per heavy atom. The maximum absolute atomic E-state index is 5.44. The fourth-order valence-electron chi connectivity index (χ4n) is 2.72. The van der Waals surface area contributed by atoms with Gasteiger partial charge in [0.15, 0.2) is 0 Å². The summed E-state index contributed by atoms with van der Waals surface area (Å²) in [6.07, 6.45) is 2.45. The molecule has 2 fully saturated rings. The summed E-state index contributed by atoms with van der Waals surface area (Å²) in [6, 6.07) is 0.655. The molecule has 3 heteroatoms. The zero-order chi connectivity index (χ0) is 10.7. The lowest BCUT2D eigenvalue weighted by atomic mass is 9.81. The lowest BCUT2D eigenvalue weighted by molar-refractivity contribution is 0.00117. The first-order valence-corrected chi connectivity index (χ1v) is 6.21. The zero-order valence-electron chi connectivity index (χ0n) is 10.1. The molecule has 1 atom stereocenters. The van der Waals surface area contributed by atoms with Crippen LogP contribution in [0.5, 0.6) is 0 Å². The van der Waals surface area contributed by atoms with E-state index in [1.807, 2.05) is 0 Å². The van der Waals surface area contributed by atoms with E-state index in [4.69, 9.17) is 4.74 Å². The summed E-state index contributed by atoms with van der Waals surface area (Å²) < 4.78 is 5.44. The summed E-state index contributed by atoms with van der Waals surface area (Å²) in [5.41, 5.74) is 0.495. The van der Waals surface area contributed by atoms with E-state index in [0.29, 0.717) is 11.5 Å². The first kappa shape index (κ1) is 11.4. The summed E-state index contributed by atoms with van der Waals surface area (Å²) in [7, 11) is 0. The van der Waals surface area contributed by atoms with Gasteiger partial charge in [0.05, 0.1) is 0 Å². The van der Waals surface area contributed by atoms with Crippen LogP contribution in [0.3, 0.4) is 0 Å². The molecule has 1 N–H and O–H groups in total. The fraction of sp³-hybridized carbons (Fsp3) is 1.00. The van der Waals surface area contributed by atoms with Gasteiger partial charge in [-0.05, 0) is 25.2 Å². The summed E-state index contributed by atoms with van der Waals surface area (Å²) >= 11 is 0. The van der Waals surface area contributed by atoms with Crippen LogP contribution in [0.1, 0.15) is 26.7 Å². The third kappa shape index (κ3) is 3.16. The largest absolute Gasteiger partial charge is 0.381 e. The van der Waals surface area contributed by atoms with E-state index in [9.17, 15) is 0 Å². The van der Waals surface area contributed by atoms with Gasteiger partial charge in [0, 0.05) is 45.4 Å². The Bertz CT molecular complexity index is 202. The first-order valence-electron chi connectivity index (χ1n) is 6.21. The molecular formula is C12H24N2O. The number of hydrogen-bond acceptors (Lipinski definition) is 3. The van der Waals surface area contributed by atoms with Crippen molar-refractivity contribution in [3.63, 3.8) is 0 Å². The average molecular weight is 212 g/mol. The second-order valence-corrected chi connectivity index (χ2v) is 5.51. The lowest BCUT2D eigenvalue weighted by Gasteiger charge is -2.41. The second-order valence-electron chi connectivity index (χ2n) is 5.51. The van der Waals surface area contributed by atoms with E-state index in [-0.39, 0.29) is 0 Å². The minimum Gasteiger partial charge on any atom is -0.381 e. The molecule has 0 radical (unpaired) electrons. The number of ether oxygens (including phenoxy) is 1. The van der Waals surface area contributed by atoms with Crippen molar-refractivity contribution in [1.29, 1.82) is 0 Å². The van der Waals surface area contributed by atoms with Gasteiger partial charge in [0.25, 0.3) is 0 Å². The standard InChI is InChI=1S/C12H24N2O/c1-11-9-14(6-5-13-11)10-12(2)3-7-15-8-4-12/h11,13H,3-10H2,1-2H3/t11-/m0/s1. The molecule has 15 heavy (non-hydrogen) atoms. The Labute approximate surface area is 93.2 Å².